The number of hydrogen-bond donors (Lipinski definition) is 2. The van der Waals surface area contributed by atoms with Crippen LogP contribution in [-0.2, 0) is 21.4 Å². The van der Waals surface area contributed by atoms with Gasteiger partial charge in [0.2, 0.25) is 10.0 Å². The van der Waals surface area contributed by atoms with Gasteiger partial charge in [-0.25, -0.2) is 18.2 Å². The van der Waals surface area contributed by atoms with Crippen LogP contribution in [-0.4, -0.2) is 89.4 Å². The topological polar surface area (TPSA) is 121 Å². The number of aliphatic carboxylic acids is 1. The van der Waals surface area contributed by atoms with Gasteiger partial charge in [0.25, 0.3) is 0 Å². The van der Waals surface area contributed by atoms with Gasteiger partial charge in [-0.15, -0.1) is 0 Å². The van der Waals surface area contributed by atoms with E-state index in [-0.39, 0.29) is 4.90 Å². The summed E-state index contributed by atoms with van der Waals surface area (Å²) >= 11 is 0. The number of aromatic nitrogens is 3. The van der Waals surface area contributed by atoms with Crippen molar-refractivity contribution in [3.63, 3.8) is 0 Å². The Hall–Kier alpha value is -3.23. The Morgan fingerprint density at radius 3 is 2.27 bits per heavy atom. The van der Waals surface area contributed by atoms with Gasteiger partial charge >= 0.3 is 12.1 Å². The zero-order valence-electron chi connectivity index (χ0n) is 22.8. The lowest BCUT2D eigenvalue weighted by Crippen LogP contribution is -2.39. The van der Waals surface area contributed by atoms with E-state index in [2.05, 4.69) is 28.4 Å². The number of anilines is 1. The average Bonchev–Trinajstić information content (AvgIpc) is 3.19. The number of pyridine rings is 1. The number of fused-ring (bicyclic) bond motifs is 1. The van der Waals surface area contributed by atoms with Crippen molar-refractivity contribution < 1.29 is 31.5 Å². The Balaban J connectivity index is 0.000000559. The second-order valence-corrected chi connectivity index (χ2v) is 11.6. The molecule has 0 spiro atoms. The van der Waals surface area contributed by atoms with Gasteiger partial charge in [-0.2, -0.15) is 22.6 Å². The lowest BCUT2D eigenvalue weighted by atomic mass is 10.2. The zero-order chi connectivity index (χ0) is 29.5. The summed E-state index contributed by atoms with van der Waals surface area (Å²) in [5, 5.41) is 15.8. The number of carboxylic acids is 1. The first-order valence-electron chi connectivity index (χ1n) is 12.9. The Labute approximate surface area is 231 Å². The summed E-state index contributed by atoms with van der Waals surface area (Å²) in [6.45, 7) is 8.26. The first kappa shape index (κ1) is 31.3. The third-order valence-electron chi connectivity index (χ3n) is 6.39. The molecule has 0 aliphatic carbocycles. The van der Waals surface area contributed by atoms with Gasteiger partial charge in [-0.05, 0) is 71.4 Å². The van der Waals surface area contributed by atoms with E-state index >= 15 is 0 Å². The Bertz CT molecular complexity index is 1400. The van der Waals surface area contributed by atoms with E-state index < -0.39 is 22.2 Å². The van der Waals surface area contributed by atoms with Gasteiger partial charge in [0.15, 0.2) is 0 Å². The minimum absolute atomic E-state index is 0.265. The molecule has 0 atom stereocenters. The molecular weight excluding hydrogens is 549 g/mol. The lowest BCUT2D eigenvalue weighted by Gasteiger charge is -2.28. The number of aryl methyl sites for hydroxylation is 3. The van der Waals surface area contributed by atoms with Gasteiger partial charge in [0.1, 0.15) is 10.7 Å². The van der Waals surface area contributed by atoms with E-state index in [1.54, 1.807) is 10.4 Å². The van der Waals surface area contributed by atoms with Gasteiger partial charge in [0.05, 0.1) is 11.2 Å². The molecule has 40 heavy (non-hydrogen) atoms. The van der Waals surface area contributed by atoms with Crippen molar-refractivity contribution in [2.24, 2.45) is 0 Å². The maximum atomic E-state index is 13.7. The largest absolute Gasteiger partial charge is 0.490 e. The van der Waals surface area contributed by atoms with Crippen molar-refractivity contribution in [3.05, 3.63) is 47.8 Å². The fraction of sp³-hybridized carbons (Fsp3) is 0.500. The molecule has 1 aliphatic heterocycles. The second-order valence-electron chi connectivity index (χ2n) is 9.68. The number of benzene rings is 1. The summed E-state index contributed by atoms with van der Waals surface area (Å²) in [4.78, 5) is 16.1. The Kier molecular flexibility index (Phi) is 10.5. The molecule has 0 saturated carbocycles. The molecule has 0 bridgehead atoms. The third kappa shape index (κ3) is 8.38. The van der Waals surface area contributed by atoms with Crippen LogP contribution in [0.1, 0.15) is 30.7 Å². The van der Waals surface area contributed by atoms with Crippen LogP contribution in [0.5, 0.6) is 0 Å². The second kappa shape index (κ2) is 13.4. The molecule has 1 aliphatic rings. The molecule has 14 heteroatoms. The van der Waals surface area contributed by atoms with Crippen LogP contribution in [0.2, 0.25) is 0 Å². The molecule has 1 aromatic carbocycles. The van der Waals surface area contributed by atoms with Crippen LogP contribution in [0.3, 0.4) is 0 Å². The Morgan fingerprint density at radius 2 is 1.70 bits per heavy atom. The molecule has 0 radical (unpaired) electrons. The first-order valence-corrected chi connectivity index (χ1v) is 14.4. The van der Waals surface area contributed by atoms with Gasteiger partial charge in [0, 0.05) is 37.3 Å². The summed E-state index contributed by atoms with van der Waals surface area (Å²) in [6.07, 6.45) is -2.63. The van der Waals surface area contributed by atoms with Crippen LogP contribution < -0.4 is 5.32 Å². The lowest BCUT2D eigenvalue weighted by molar-refractivity contribution is -0.192. The molecule has 1 saturated heterocycles. The van der Waals surface area contributed by atoms with E-state index in [4.69, 9.17) is 14.9 Å². The quantitative estimate of drug-likeness (QED) is 0.402. The molecule has 2 aromatic heterocycles. The van der Waals surface area contributed by atoms with E-state index in [0.717, 1.165) is 61.2 Å². The summed E-state index contributed by atoms with van der Waals surface area (Å²) in [7, 11) is -1.57. The molecule has 3 aromatic rings. The van der Waals surface area contributed by atoms with Crippen LogP contribution >= 0.6 is 0 Å². The molecule has 0 unspecified atom stereocenters. The molecule has 0 amide bonds. The fourth-order valence-electron chi connectivity index (χ4n) is 4.39. The van der Waals surface area contributed by atoms with Crippen LogP contribution in [0.25, 0.3) is 10.9 Å². The molecule has 3 heterocycles. The monoisotopic (exact) mass is 584 g/mol. The van der Waals surface area contributed by atoms with Gasteiger partial charge in [-0.1, -0.05) is 18.2 Å². The van der Waals surface area contributed by atoms with Crippen LogP contribution in [0.15, 0.2) is 41.3 Å². The van der Waals surface area contributed by atoms with Gasteiger partial charge < -0.3 is 15.3 Å². The smallest absolute Gasteiger partial charge is 0.475 e. The van der Waals surface area contributed by atoms with Crippen molar-refractivity contribution in [1.29, 1.82) is 0 Å². The molecule has 4 rings (SSSR count). The molecule has 10 nitrogen and oxygen atoms in total. The van der Waals surface area contributed by atoms with Crippen molar-refractivity contribution >= 4 is 32.7 Å². The standard InChI is InChI=1S/C24H34N6O2S.C2HF3O2/c1-19-17-20(2)30(27-19)16-6-11-25-24-23(18-21-9-4-5-10-22(21)26-24)33(31,32)29-14-7-12-28(3)13-8-15-29;3-2(4,5)1(6)7/h4-5,9-10,17-18H,6-8,11-16H2,1-3H3,(H,25,26);(H,6,7). The summed E-state index contributed by atoms with van der Waals surface area (Å²) < 4.78 is 62.8. The molecule has 2 N–H and O–H groups in total. The van der Waals surface area contributed by atoms with E-state index in [1.807, 2.05) is 42.8 Å². The number of para-hydroxylation sites is 1. The number of carboxylic acid groups (broad SMARTS) is 1. The maximum absolute atomic E-state index is 13.7. The number of carbonyl (C=O) groups is 1. The average molecular weight is 585 g/mol. The maximum Gasteiger partial charge on any atom is 0.490 e. The number of rotatable bonds is 7. The number of halogens is 3. The number of alkyl halides is 3. The van der Waals surface area contributed by atoms with Crippen molar-refractivity contribution in [3.8, 4) is 0 Å². The van der Waals surface area contributed by atoms with E-state index in [0.29, 0.717) is 25.5 Å². The highest BCUT2D eigenvalue weighted by atomic mass is 32.2. The highest BCUT2D eigenvalue weighted by molar-refractivity contribution is 7.89. The SMILES string of the molecule is Cc1cc(C)n(CCCNc2nc3ccccc3cc2S(=O)(=O)N2CCCN(C)CCC2)n1.O=C(O)C(F)(F)F. The fourth-order valence-corrected chi connectivity index (χ4v) is 6.05. The normalized spacial score (nSPS) is 15.7. The summed E-state index contributed by atoms with van der Waals surface area (Å²) in [6, 6.07) is 11.5. The van der Waals surface area contributed by atoms with Gasteiger partial charge in [-0.3, -0.25) is 4.68 Å². The van der Waals surface area contributed by atoms with Crippen LogP contribution in [0, 0.1) is 13.8 Å². The third-order valence-corrected chi connectivity index (χ3v) is 8.30. The summed E-state index contributed by atoms with van der Waals surface area (Å²) in [5.74, 6) is -2.33. The van der Waals surface area contributed by atoms with Crippen LogP contribution in [0.4, 0.5) is 19.0 Å². The number of nitrogens with one attached hydrogen (secondary N) is 1. The highest BCUT2D eigenvalue weighted by Gasteiger charge is 2.38. The number of sulfonamides is 1. The molecule has 220 valence electrons. The molecular formula is C26H35F3N6O4S. The van der Waals surface area contributed by atoms with Crippen molar-refractivity contribution in [1.82, 2.24) is 24.0 Å². The van der Waals surface area contributed by atoms with E-state index in [1.165, 1.54) is 0 Å². The Morgan fingerprint density at radius 1 is 1.07 bits per heavy atom. The minimum Gasteiger partial charge on any atom is -0.475 e. The minimum atomic E-state index is -5.08. The molecule has 1 fully saturated rings. The van der Waals surface area contributed by atoms with Crippen molar-refractivity contribution in [2.75, 3.05) is 45.1 Å². The predicted molar refractivity (Wildman–Crippen MR) is 146 cm³/mol. The zero-order valence-corrected chi connectivity index (χ0v) is 23.6. The first-order chi connectivity index (χ1) is 18.8. The van der Waals surface area contributed by atoms with Crippen molar-refractivity contribution in [2.45, 2.75) is 50.7 Å². The van der Waals surface area contributed by atoms with E-state index in [9.17, 15) is 21.6 Å². The summed E-state index contributed by atoms with van der Waals surface area (Å²) in [5.41, 5.74) is 2.92. The predicted octanol–water partition coefficient (Wildman–Crippen LogP) is 3.90. The highest BCUT2D eigenvalue weighted by Crippen LogP contribution is 2.28. The number of nitrogens with zero attached hydrogens (tertiary/aromatic N) is 5. The number of hydrogen-bond acceptors (Lipinski definition) is 7.